The number of primary amides is 1. The summed E-state index contributed by atoms with van der Waals surface area (Å²) in [6.07, 6.45) is 4.26. The molecule has 0 spiro atoms. The van der Waals surface area contributed by atoms with Crippen molar-refractivity contribution in [3.63, 3.8) is 0 Å². The Morgan fingerprint density at radius 1 is 1.15 bits per heavy atom. The molecule has 0 aliphatic rings. The molecule has 2 aromatic carbocycles. The maximum absolute atomic E-state index is 14.9. The summed E-state index contributed by atoms with van der Waals surface area (Å²) in [7, 11) is 1.44. The van der Waals surface area contributed by atoms with E-state index >= 15 is 0 Å². The van der Waals surface area contributed by atoms with Gasteiger partial charge in [0.15, 0.2) is 17.4 Å². The summed E-state index contributed by atoms with van der Waals surface area (Å²) in [6, 6.07) is 10.8. The predicted octanol–water partition coefficient (Wildman–Crippen LogP) is 3.44. The molecule has 11 nitrogen and oxygen atoms in total. The number of nitrogens with two attached hydrogens (primary N) is 1. The van der Waals surface area contributed by atoms with Crippen molar-refractivity contribution in [1.82, 2.24) is 24.7 Å². The first kappa shape index (κ1) is 26.4. The topological polar surface area (TPSA) is 150 Å². The van der Waals surface area contributed by atoms with Gasteiger partial charge in [-0.2, -0.15) is 5.10 Å². The highest BCUT2D eigenvalue weighted by molar-refractivity contribution is 5.99. The number of halogens is 2. The van der Waals surface area contributed by atoms with Crippen molar-refractivity contribution in [3.05, 3.63) is 83.8 Å². The van der Waals surface area contributed by atoms with Gasteiger partial charge in [0.25, 0.3) is 5.91 Å². The maximum atomic E-state index is 14.9. The van der Waals surface area contributed by atoms with E-state index in [9.17, 15) is 13.6 Å². The molecule has 1 amide bonds. The number of rotatable bonds is 10. The fourth-order valence-electron chi connectivity index (χ4n) is 4.09. The number of fused-ring (bicyclic) bond motifs is 1. The summed E-state index contributed by atoms with van der Waals surface area (Å²) < 4.78 is 41.7. The number of para-hydroxylation sites is 1. The van der Waals surface area contributed by atoms with Crippen LogP contribution in [0.2, 0.25) is 0 Å². The average Bonchev–Trinajstić information content (AvgIpc) is 3.32. The summed E-state index contributed by atoms with van der Waals surface area (Å²) in [5, 5.41) is 17.2. The largest absolute Gasteiger partial charge is 0.491 e. The lowest BCUT2D eigenvalue weighted by Crippen LogP contribution is -2.14. The zero-order valence-corrected chi connectivity index (χ0v) is 21.1. The molecule has 0 fully saturated rings. The Balaban J connectivity index is 1.55. The number of methoxy groups -OCH3 is 1. The molecule has 0 aliphatic carbocycles. The minimum atomic E-state index is -0.816. The van der Waals surface area contributed by atoms with Gasteiger partial charge in [-0.3, -0.25) is 14.5 Å². The Bertz CT molecular complexity index is 1690. The molecule has 3 aromatic heterocycles. The van der Waals surface area contributed by atoms with E-state index in [1.54, 1.807) is 30.3 Å². The number of ether oxygens (including phenoxy) is 2. The molecule has 5 aromatic rings. The van der Waals surface area contributed by atoms with Gasteiger partial charge in [0.1, 0.15) is 29.7 Å². The lowest BCUT2D eigenvalue weighted by Gasteiger charge is -2.12. The Kier molecular flexibility index (Phi) is 7.46. The second-order valence-electron chi connectivity index (χ2n) is 8.48. The summed E-state index contributed by atoms with van der Waals surface area (Å²) in [5.41, 5.74) is 6.71. The number of anilines is 2. The van der Waals surface area contributed by atoms with E-state index in [4.69, 9.17) is 20.3 Å². The predicted molar refractivity (Wildman–Crippen MR) is 141 cm³/mol. The molecule has 40 heavy (non-hydrogen) atoms. The quantitative estimate of drug-likeness (QED) is 0.239. The molecule has 0 radical (unpaired) electrons. The summed E-state index contributed by atoms with van der Waals surface area (Å²) in [6.45, 7) is -0.597. The van der Waals surface area contributed by atoms with Crippen LogP contribution >= 0.6 is 0 Å². The highest BCUT2D eigenvalue weighted by Crippen LogP contribution is 2.32. The number of aromatic nitrogens is 5. The van der Waals surface area contributed by atoms with Crippen molar-refractivity contribution >= 4 is 28.3 Å². The highest BCUT2D eigenvalue weighted by atomic mass is 19.1. The number of hydrogen-bond donors (Lipinski definition) is 3. The van der Waals surface area contributed by atoms with Crippen molar-refractivity contribution in [2.45, 2.75) is 6.54 Å². The van der Waals surface area contributed by atoms with E-state index in [2.05, 4.69) is 25.4 Å². The molecule has 0 bridgehead atoms. The van der Waals surface area contributed by atoms with Gasteiger partial charge in [-0.25, -0.2) is 18.7 Å². The number of nitrogens with one attached hydrogen (secondary N) is 1. The molecule has 3 heterocycles. The van der Waals surface area contributed by atoms with Crippen LogP contribution in [0, 0.1) is 11.6 Å². The van der Waals surface area contributed by atoms with Crippen molar-refractivity contribution < 1.29 is 28.2 Å². The Hall–Kier alpha value is -5.17. The van der Waals surface area contributed by atoms with Gasteiger partial charge in [0, 0.05) is 35.5 Å². The van der Waals surface area contributed by atoms with E-state index < -0.39 is 17.5 Å². The Labute approximate surface area is 226 Å². The maximum Gasteiger partial charge on any atom is 0.252 e. The number of aliphatic hydroxyl groups excluding tert-OH is 1. The number of carbonyl (C=O) groups excluding carboxylic acids is 1. The number of benzene rings is 2. The van der Waals surface area contributed by atoms with Crippen LogP contribution in [0.3, 0.4) is 0 Å². The Morgan fingerprint density at radius 3 is 2.65 bits per heavy atom. The van der Waals surface area contributed by atoms with Crippen LogP contribution in [0.1, 0.15) is 15.9 Å². The molecule has 4 N–H and O–H groups in total. The SMILES string of the molecule is COc1cnc(-c2nn(Cc3c(F)cc(OCCO)cc3F)c3ccccc23)nc1Nc1ccncc1C(N)=O. The molecule has 0 atom stereocenters. The van der Waals surface area contributed by atoms with E-state index in [0.29, 0.717) is 22.3 Å². The first-order chi connectivity index (χ1) is 19.4. The molecule has 13 heteroatoms. The fraction of sp³-hybridized carbons (Fsp3) is 0.148. The van der Waals surface area contributed by atoms with E-state index in [1.165, 1.54) is 30.4 Å². The van der Waals surface area contributed by atoms with Crippen molar-refractivity contribution in [1.29, 1.82) is 0 Å². The van der Waals surface area contributed by atoms with Gasteiger partial charge in [0.05, 0.1) is 43.2 Å². The fourth-order valence-corrected chi connectivity index (χ4v) is 4.09. The van der Waals surface area contributed by atoms with E-state index in [-0.39, 0.29) is 54.0 Å². The van der Waals surface area contributed by atoms with Crippen LogP contribution in [-0.4, -0.2) is 56.1 Å². The second-order valence-corrected chi connectivity index (χ2v) is 8.48. The van der Waals surface area contributed by atoms with Gasteiger partial charge >= 0.3 is 0 Å². The minimum absolute atomic E-state index is 0.0286. The van der Waals surface area contributed by atoms with Gasteiger partial charge in [-0.05, 0) is 12.1 Å². The summed E-state index contributed by atoms with van der Waals surface area (Å²) in [4.78, 5) is 24.8. The minimum Gasteiger partial charge on any atom is -0.491 e. The zero-order valence-electron chi connectivity index (χ0n) is 21.1. The Morgan fingerprint density at radius 2 is 1.93 bits per heavy atom. The third-order valence-electron chi connectivity index (χ3n) is 5.97. The summed E-state index contributed by atoms with van der Waals surface area (Å²) in [5.74, 6) is -1.63. The molecule has 0 aliphatic heterocycles. The van der Waals surface area contributed by atoms with Gasteiger partial charge in [-0.1, -0.05) is 18.2 Å². The summed E-state index contributed by atoms with van der Waals surface area (Å²) >= 11 is 0. The van der Waals surface area contributed by atoms with Crippen LogP contribution in [-0.2, 0) is 6.54 Å². The number of aliphatic hydroxyl groups is 1. The van der Waals surface area contributed by atoms with Crippen molar-refractivity contribution in [3.8, 4) is 23.0 Å². The van der Waals surface area contributed by atoms with Crippen LogP contribution in [0.25, 0.3) is 22.4 Å². The standard InChI is InChI=1S/C27H23F2N7O4/c1-39-23-13-32-27(34-26(23)33-21-6-7-31-12-17(21)25(30)38)24-16-4-2-3-5-22(16)36(35-24)14-18-19(28)10-15(11-20(18)29)40-9-8-37/h2-7,10-13,37H,8-9,14H2,1H3,(H2,30,38)(H,31,32,33,34). The monoisotopic (exact) mass is 547 g/mol. The van der Waals surface area contributed by atoms with Gasteiger partial charge in [-0.15, -0.1) is 0 Å². The number of hydrogen-bond acceptors (Lipinski definition) is 9. The molecule has 0 saturated carbocycles. The molecular weight excluding hydrogens is 524 g/mol. The van der Waals surface area contributed by atoms with Crippen molar-refractivity contribution in [2.24, 2.45) is 5.73 Å². The normalized spacial score (nSPS) is 11.0. The molecule has 5 rings (SSSR count). The number of amides is 1. The second kappa shape index (κ2) is 11.3. The van der Waals surface area contributed by atoms with Gasteiger partial charge < -0.3 is 25.6 Å². The average molecular weight is 548 g/mol. The molecule has 0 unspecified atom stereocenters. The number of nitrogens with zero attached hydrogens (tertiary/aromatic N) is 5. The number of carbonyl (C=O) groups is 1. The smallest absolute Gasteiger partial charge is 0.252 e. The van der Waals surface area contributed by atoms with Crippen LogP contribution in [0.5, 0.6) is 11.5 Å². The van der Waals surface area contributed by atoms with Crippen LogP contribution in [0.4, 0.5) is 20.3 Å². The van der Waals surface area contributed by atoms with E-state index in [1.807, 2.05) is 0 Å². The molecule has 204 valence electrons. The lowest BCUT2D eigenvalue weighted by atomic mass is 10.1. The number of pyridine rings is 1. The first-order valence-electron chi connectivity index (χ1n) is 12.0. The van der Waals surface area contributed by atoms with Crippen LogP contribution < -0.4 is 20.5 Å². The van der Waals surface area contributed by atoms with Gasteiger partial charge in [0.2, 0.25) is 0 Å². The lowest BCUT2D eigenvalue weighted by molar-refractivity contribution is 0.100. The third-order valence-corrected chi connectivity index (χ3v) is 5.97. The molecule has 0 saturated heterocycles. The van der Waals surface area contributed by atoms with Crippen molar-refractivity contribution in [2.75, 3.05) is 25.6 Å². The highest BCUT2D eigenvalue weighted by Gasteiger charge is 2.20. The van der Waals surface area contributed by atoms with Crippen LogP contribution in [0.15, 0.2) is 61.1 Å². The van der Waals surface area contributed by atoms with E-state index in [0.717, 1.165) is 12.1 Å². The third kappa shape index (κ3) is 5.22. The zero-order chi connectivity index (χ0) is 28.2. The first-order valence-corrected chi connectivity index (χ1v) is 12.0. The molecular formula is C27H23F2N7O4.